The maximum Gasteiger partial charge on any atom is 0.419 e. The van der Waals surface area contributed by atoms with E-state index in [1.54, 1.807) is 29.0 Å². The number of methoxy groups -OCH3 is 1. The van der Waals surface area contributed by atoms with E-state index in [2.05, 4.69) is 30.5 Å². The third-order valence-corrected chi connectivity index (χ3v) is 6.57. The second-order valence-electron chi connectivity index (χ2n) is 9.30. The van der Waals surface area contributed by atoms with Crippen LogP contribution >= 0.6 is 0 Å². The lowest BCUT2D eigenvalue weighted by molar-refractivity contribution is -0.137. The largest absolute Gasteiger partial charge is 0.495 e. The molecule has 1 aliphatic rings. The van der Waals surface area contributed by atoms with Gasteiger partial charge in [-0.05, 0) is 58.4 Å². The molecule has 0 aromatic carbocycles. The molecule has 0 bridgehead atoms. The Morgan fingerprint density at radius 1 is 1.24 bits per heavy atom. The molecule has 0 saturated carbocycles. The lowest BCUT2D eigenvalue weighted by Crippen LogP contribution is -2.57. The first-order chi connectivity index (χ1) is 17.5. The molecule has 12 heteroatoms. The van der Waals surface area contributed by atoms with E-state index in [1.165, 1.54) is 13.3 Å². The van der Waals surface area contributed by atoms with E-state index in [1.807, 2.05) is 34.3 Å². The molecule has 4 rings (SSSR count). The molecule has 4 N–H and O–H groups in total. The Labute approximate surface area is 213 Å². The normalized spacial score (nSPS) is 20.2. The summed E-state index contributed by atoms with van der Waals surface area (Å²) in [6.45, 7) is 0.782. The van der Waals surface area contributed by atoms with Crippen molar-refractivity contribution >= 4 is 17.0 Å². The van der Waals surface area contributed by atoms with Gasteiger partial charge in [0, 0.05) is 42.6 Å². The molecule has 198 valence electrons. The number of rotatable bonds is 8. The Hall–Kier alpha value is -3.48. The van der Waals surface area contributed by atoms with Crippen molar-refractivity contribution in [3.05, 3.63) is 59.9 Å². The second kappa shape index (κ2) is 10.1. The molecule has 3 aromatic rings. The van der Waals surface area contributed by atoms with Crippen molar-refractivity contribution in [2.75, 3.05) is 40.1 Å². The van der Waals surface area contributed by atoms with Gasteiger partial charge < -0.3 is 30.6 Å². The summed E-state index contributed by atoms with van der Waals surface area (Å²) in [6.07, 6.45) is 3.66. The van der Waals surface area contributed by atoms with Gasteiger partial charge in [-0.15, -0.1) is 0 Å². The average molecular weight is 517 g/mol. The van der Waals surface area contributed by atoms with Crippen LogP contribution in [0.15, 0.2) is 54.3 Å². The van der Waals surface area contributed by atoms with Crippen LogP contribution in [-0.4, -0.2) is 70.8 Å². The highest BCUT2D eigenvalue weighted by Crippen LogP contribution is 2.37. The number of pyridine rings is 1. The molecule has 0 radical (unpaired) electrons. The van der Waals surface area contributed by atoms with E-state index in [0.717, 1.165) is 12.7 Å². The number of nitrogens with zero attached hydrogens (tertiary/aromatic N) is 5. The number of halogens is 3. The third kappa shape index (κ3) is 5.31. The summed E-state index contributed by atoms with van der Waals surface area (Å²) in [7, 11) is 9.12. The zero-order chi connectivity index (χ0) is 27.0. The zero-order valence-corrected chi connectivity index (χ0v) is 21.4. The first-order valence-electron chi connectivity index (χ1n) is 11.7. The minimum absolute atomic E-state index is 0.0252. The molecular formula is C25H31F3N8O. The predicted octanol–water partition coefficient (Wildman–Crippen LogP) is 3.13. The molecular weight excluding hydrogens is 485 g/mol. The van der Waals surface area contributed by atoms with Gasteiger partial charge in [0.1, 0.15) is 17.0 Å². The van der Waals surface area contributed by atoms with E-state index in [9.17, 15) is 13.2 Å². The van der Waals surface area contributed by atoms with Crippen molar-refractivity contribution in [2.45, 2.75) is 24.2 Å². The molecule has 1 aliphatic carbocycles. The van der Waals surface area contributed by atoms with Crippen LogP contribution < -0.4 is 16.4 Å². The first kappa shape index (κ1) is 26.6. The van der Waals surface area contributed by atoms with Crippen LogP contribution in [0.3, 0.4) is 0 Å². The Balaban J connectivity index is 1.71. The van der Waals surface area contributed by atoms with Crippen molar-refractivity contribution in [3.63, 3.8) is 0 Å². The molecule has 2 unspecified atom stereocenters. The van der Waals surface area contributed by atoms with Gasteiger partial charge in [-0.3, -0.25) is 0 Å². The van der Waals surface area contributed by atoms with Crippen LogP contribution in [0.2, 0.25) is 0 Å². The molecule has 9 nitrogen and oxygen atoms in total. The zero-order valence-electron chi connectivity index (χ0n) is 21.4. The van der Waals surface area contributed by atoms with E-state index in [4.69, 9.17) is 10.5 Å². The van der Waals surface area contributed by atoms with Gasteiger partial charge in [0.05, 0.1) is 24.0 Å². The highest BCUT2D eigenvalue weighted by Gasteiger charge is 2.38. The van der Waals surface area contributed by atoms with Crippen LogP contribution in [-0.2, 0) is 18.0 Å². The quantitative estimate of drug-likeness (QED) is 0.420. The number of hydrogen-bond acceptors (Lipinski definition) is 8. The molecule has 0 saturated heterocycles. The van der Waals surface area contributed by atoms with Crippen LogP contribution in [0.5, 0.6) is 0 Å². The number of fused-ring (bicyclic) bond motifs is 1. The predicted molar refractivity (Wildman–Crippen MR) is 136 cm³/mol. The Morgan fingerprint density at radius 2 is 2.00 bits per heavy atom. The van der Waals surface area contributed by atoms with Crippen LogP contribution in [0.4, 0.5) is 19.1 Å². The third-order valence-electron chi connectivity index (χ3n) is 6.57. The number of aryl methyl sites for hydroxylation is 1. The topological polar surface area (TPSA) is 106 Å². The minimum Gasteiger partial charge on any atom is -0.495 e. The molecule has 3 heterocycles. The summed E-state index contributed by atoms with van der Waals surface area (Å²) in [4.78, 5) is 14.6. The monoisotopic (exact) mass is 516 g/mol. The van der Waals surface area contributed by atoms with Crippen molar-refractivity contribution in [1.82, 2.24) is 29.7 Å². The smallest absolute Gasteiger partial charge is 0.419 e. The van der Waals surface area contributed by atoms with Crippen molar-refractivity contribution in [3.8, 4) is 11.3 Å². The summed E-state index contributed by atoms with van der Waals surface area (Å²) >= 11 is 0. The number of nitrogens with two attached hydrogens (primary N) is 1. The van der Waals surface area contributed by atoms with Gasteiger partial charge in [-0.2, -0.15) is 13.2 Å². The lowest BCUT2D eigenvalue weighted by Gasteiger charge is -2.39. The lowest BCUT2D eigenvalue weighted by atomic mass is 9.82. The van der Waals surface area contributed by atoms with E-state index < -0.39 is 23.3 Å². The number of likely N-dealkylation sites (N-methyl/N-ethyl adjacent to an activating group) is 1. The maximum atomic E-state index is 13.9. The fourth-order valence-electron chi connectivity index (χ4n) is 4.38. The number of anilines is 1. The van der Waals surface area contributed by atoms with Gasteiger partial charge in [-0.25, -0.2) is 15.0 Å². The summed E-state index contributed by atoms with van der Waals surface area (Å²) in [6, 6.07) is 2.97. The molecule has 37 heavy (non-hydrogen) atoms. The van der Waals surface area contributed by atoms with Crippen LogP contribution in [0, 0.1) is 0 Å². The fraction of sp³-hybridized carbons (Fsp3) is 0.400. The number of ether oxygens (including phenoxy) is 1. The minimum atomic E-state index is -4.65. The van der Waals surface area contributed by atoms with Gasteiger partial charge in [0.25, 0.3) is 0 Å². The van der Waals surface area contributed by atoms with E-state index in [0.29, 0.717) is 28.9 Å². The number of aromatic nitrogens is 4. The van der Waals surface area contributed by atoms with Crippen LogP contribution in [0.25, 0.3) is 22.3 Å². The van der Waals surface area contributed by atoms with E-state index in [-0.39, 0.29) is 17.2 Å². The van der Waals surface area contributed by atoms with Gasteiger partial charge >= 0.3 is 6.18 Å². The van der Waals surface area contributed by atoms with Crippen molar-refractivity contribution in [1.29, 1.82) is 0 Å². The Morgan fingerprint density at radius 3 is 2.65 bits per heavy atom. The molecule has 0 amide bonds. The summed E-state index contributed by atoms with van der Waals surface area (Å²) in [5.74, 6) is 0.454. The van der Waals surface area contributed by atoms with Gasteiger partial charge in [0.2, 0.25) is 5.95 Å². The number of nitrogens with one attached hydrogen (secondary N) is 2. The first-order valence-corrected chi connectivity index (χ1v) is 11.7. The Bertz CT molecular complexity index is 1350. The average Bonchev–Trinajstić information content (AvgIpc) is 3.23. The standard InChI is InChI=1S/C25H31F3N8O/c1-30-24(7-9-35(2)3)12-19(37-5)18(11-20(24)29)33-23-32-14-17(25(26,27)28)21(34-23)16-10-15-6-8-36(4)22(15)31-13-16/h6,8,10-14,20,30H,7,9,29H2,1-5H3,(H,32,33,34). The molecule has 0 spiro atoms. The highest BCUT2D eigenvalue weighted by molar-refractivity contribution is 5.82. The molecule has 0 aliphatic heterocycles. The second-order valence-corrected chi connectivity index (χ2v) is 9.30. The Kier molecular flexibility index (Phi) is 7.27. The van der Waals surface area contributed by atoms with Crippen molar-refractivity contribution in [2.24, 2.45) is 12.8 Å². The summed E-state index contributed by atoms with van der Waals surface area (Å²) in [5.41, 5.74) is 6.09. The van der Waals surface area contributed by atoms with Crippen molar-refractivity contribution < 1.29 is 17.9 Å². The fourth-order valence-corrected chi connectivity index (χ4v) is 4.38. The number of hydrogen-bond donors (Lipinski definition) is 3. The molecule has 3 aromatic heterocycles. The maximum absolute atomic E-state index is 13.9. The SMILES string of the molecule is CNC1(CCN(C)C)C=C(OC)C(Nc2ncc(C(F)(F)F)c(-c3cnc4c(ccn4C)c3)n2)=CC1N. The highest BCUT2D eigenvalue weighted by atomic mass is 19.4. The number of alkyl halides is 3. The van der Waals surface area contributed by atoms with Gasteiger partial charge in [-0.1, -0.05) is 0 Å². The summed E-state index contributed by atoms with van der Waals surface area (Å²) in [5, 5.41) is 7.00. The molecule has 2 atom stereocenters. The molecule has 0 fully saturated rings. The van der Waals surface area contributed by atoms with E-state index >= 15 is 0 Å². The van der Waals surface area contributed by atoms with Crippen LogP contribution in [0.1, 0.15) is 12.0 Å². The summed E-state index contributed by atoms with van der Waals surface area (Å²) < 4.78 is 49.0. The van der Waals surface area contributed by atoms with Gasteiger partial charge in [0.15, 0.2) is 0 Å².